The Labute approximate surface area is 101 Å². The third-order valence-corrected chi connectivity index (χ3v) is 2.95. The van der Waals surface area contributed by atoms with Crippen molar-refractivity contribution in [3.63, 3.8) is 0 Å². The minimum Gasteiger partial charge on any atom is -0.496 e. The number of hydrogen-bond donors (Lipinski definition) is 1. The van der Waals surface area contributed by atoms with Crippen LogP contribution in [0.25, 0.3) is 0 Å². The molecule has 0 saturated heterocycles. The highest BCUT2D eigenvalue weighted by Gasteiger charge is 2.23. The molecule has 0 aliphatic rings. The quantitative estimate of drug-likeness (QED) is 0.875. The van der Waals surface area contributed by atoms with Crippen molar-refractivity contribution in [2.24, 2.45) is 0 Å². The first-order valence-electron chi connectivity index (χ1n) is 5.38. The van der Waals surface area contributed by atoms with E-state index < -0.39 is 11.9 Å². The lowest BCUT2D eigenvalue weighted by atomic mass is 9.92. The summed E-state index contributed by atoms with van der Waals surface area (Å²) < 4.78 is 10.6. The first-order chi connectivity index (χ1) is 7.93. The second kappa shape index (κ2) is 5.08. The van der Waals surface area contributed by atoms with E-state index in [-0.39, 0.29) is 0 Å². The summed E-state index contributed by atoms with van der Waals surface area (Å²) in [4.78, 5) is 11.1. The lowest BCUT2D eigenvalue weighted by molar-refractivity contribution is -0.138. The molecule has 1 atom stereocenters. The van der Waals surface area contributed by atoms with E-state index in [1.807, 2.05) is 19.9 Å². The van der Waals surface area contributed by atoms with Crippen molar-refractivity contribution in [2.45, 2.75) is 26.7 Å². The molecular formula is C13H18O4. The average Bonchev–Trinajstić information content (AvgIpc) is 2.29. The number of carboxylic acids is 1. The van der Waals surface area contributed by atoms with Gasteiger partial charge in [-0.3, -0.25) is 4.79 Å². The van der Waals surface area contributed by atoms with Crippen LogP contribution in [-0.2, 0) is 4.79 Å². The van der Waals surface area contributed by atoms with E-state index >= 15 is 0 Å². The van der Waals surface area contributed by atoms with Gasteiger partial charge in [0.15, 0.2) is 0 Å². The molecular weight excluding hydrogens is 220 g/mol. The standard InChI is InChI=1S/C13H18O4/c1-7-6-10(16-4)8(2)12(17-5)11(7)9(3)13(14)15/h6,9H,1-5H3,(H,14,15). The fourth-order valence-corrected chi connectivity index (χ4v) is 2.01. The molecule has 0 amide bonds. The van der Waals surface area contributed by atoms with E-state index in [4.69, 9.17) is 14.6 Å². The Hall–Kier alpha value is -1.71. The Morgan fingerprint density at radius 2 is 1.88 bits per heavy atom. The number of carboxylic acid groups (broad SMARTS) is 1. The normalized spacial score (nSPS) is 12.1. The van der Waals surface area contributed by atoms with E-state index in [0.717, 1.165) is 11.1 Å². The minimum atomic E-state index is -0.865. The van der Waals surface area contributed by atoms with Gasteiger partial charge >= 0.3 is 5.97 Å². The fraction of sp³-hybridized carbons (Fsp3) is 0.462. The van der Waals surface area contributed by atoms with Gasteiger partial charge in [-0.15, -0.1) is 0 Å². The van der Waals surface area contributed by atoms with Gasteiger partial charge in [0.2, 0.25) is 0 Å². The number of ether oxygens (including phenoxy) is 2. The average molecular weight is 238 g/mol. The van der Waals surface area contributed by atoms with Crippen molar-refractivity contribution >= 4 is 5.97 Å². The summed E-state index contributed by atoms with van der Waals surface area (Å²) in [5, 5.41) is 9.11. The molecule has 0 saturated carbocycles. The summed E-state index contributed by atoms with van der Waals surface area (Å²) in [5.41, 5.74) is 2.39. The molecule has 1 unspecified atom stereocenters. The van der Waals surface area contributed by atoms with Gasteiger partial charge in [-0.05, 0) is 32.4 Å². The molecule has 0 heterocycles. The zero-order chi connectivity index (χ0) is 13.2. The molecule has 0 radical (unpaired) electrons. The van der Waals surface area contributed by atoms with Crippen molar-refractivity contribution in [3.8, 4) is 11.5 Å². The largest absolute Gasteiger partial charge is 0.496 e. The molecule has 1 aromatic rings. The van der Waals surface area contributed by atoms with Crippen molar-refractivity contribution in [2.75, 3.05) is 14.2 Å². The molecule has 94 valence electrons. The molecule has 4 nitrogen and oxygen atoms in total. The van der Waals surface area contributed by atoms with Gasteiger partial charge in [-0.1, -0.05) is 0 Å². The van der Waals surface area contributed by atoms with Crippen LogP contribution in [0.5, 0.6) is 11.5 Å². The zero-order valence-electron chi connectivity index (χ0n) is 10.8. The van der Waals surface area contributed by atoms with Crippen LogP contribution in [0.3, 0.4) is 0 Å². The Morgan fingerprint density at radius 1 is 1.29 bits per heavy atom. The van der Waals surface area contributed by atoms with Crippen LogP contribution < -0.4 is 9.47 Å². The highest BCUT2D eigenvalue weighted by Crippen LogP contribution is 2.38. The predicted octanol–water partition coefficient (Wildman–Crippen LogP) is 2.51. The molecule has 0 fully saturated rings. The Bertz CT molecular complexity index is 438. The van der Waals surface area contributed by atoms with E-state index in [9.17, 15) is 4.79 Å². The lowest BCUT2D eigenvalue weighted by Gasteiger charge is -2.19. The third-order valence-electron chi connectivity index (χ3n) is 2.95. The number of aliphatic carboxylic acids is 1. The zero-order valence-corrected chi connectivity index (χ0v) is 10.8. The number of benzene rings is 1. The topological polar surface area (TPSA) is 55.8 Å². The van der Waals surface area contributed by atoms with Crippen LogP contribution in [0.2, 0.25) is 0 Å². The van der Waals surface area contributed by atoms with Crippen molar-refractivity contribution in [3.05, 3.63) is 22.8 Å². The molecule has 0 bridgehead atoms. The summed E-state index contributed by atoms with van der Waals surface area (Å²) in [6, 6.07) is 1.84. The summed E-state index contributed by atoms with van der Waals surface area (Å²) >= 11 is 0. The predicted molar refractivity (Wildman–Crippen MR) is 65.1 cm³/mol. The molecule has 17 heavy (non-hydrogen) atoms. The van der Waals surface area contributed by atoms with Crippen molar-refractivity contribution < 1.29 is 19.4 Å². The maximum absolute atomic E-state index is 11.1. The number of aryl methyl sites for hydroxylation is 1. The molecule has 1 rings (SSSR count). The highest BCUT2D eigenvalue weighted by atomic mass is 16.5. The van der Waals surface area contributed by atoms with E-state index in [1.165, 1.54) is 0 Å². The first kappa shape index (κ1) is 13.4. The second-order valence-electron chi connectivity index (χ2n) is 4.03. The molecule has 0 aromatic heterocycles. The molecule has 0 spiro atoms. The summed E-state index contributed by atoms with van der Waals surface area (Å²) in [5.74, 6) is -0.164. The Morgan fingerprint density at radius 3 is 2.29 bits per heavy atom. The van der Waals surface area contributed by atoms with E-state index in [1.54, 1.807) is 21.1 Å². The number of hydrogen-bond acceptors (Lipinski definition) is 3. The summed E-state index contributed by atoms with van der Waals surface area (Å²) in [7, 11) is 3.13. The minimum absolute atomic E-state index is 0.594. The van der Waals surface area contributed by atoms with Gasteiger partial charge < -0.3 is 14.6 Å². The van der Waals surface area contributed by atoms with Crippen molar-refractivity contribution in [1.29, 1.82) is 0 Å². The van der Waals surface area contributed by atoms with Crippen LogP contribution in [0, 0.1) is 13.8 Å². The van der Waals surface area contributed by atoms with Crippen LogP contribution in [-0.4, -0.2) is 25.3 Å². The van der Waals surface area contributed by atoms with Crippen LogP contribution in [0.4, 0.5) is 0 Å². The summed E-state index contributed by atoms with van der Waals surface area (Å²) in [6.07, 6.45) is 0. The monoisotopic (exact) mass is 238 g/mol. The van der Waals surface area contributed by atoms with Crippen LogP contribution in [0.1, 0.15) is 29.5 Å². The number of carbonyl (C=O) groups is 1. The lowest BCUT2D eigenvalue weighted by Crippen LogP contribution is -2.12. The summed E-state index contributed by atoms with van der Waals surface area (Å²) in [6.45, 7) is 5.37. The fourth-order valence-electron chi connectivity index (χ4n) is 2.01. The van der Waals surface area contributed by atoms with Crippen molar-refractivity contribution in [1.82, 2.24) is 0 Å². The van der Waals surface area contributed by atoms with Gasteiger partial charge in [-0.2, -0.15) is 0 Å². The van der Waals surface area contributed by atoms with Gasteiger partial charge in [0.1, 0.15) is 11.5 Å². The molecule has 4 heteroatoms. The number of methoxy groups -OCH3 is 2. The van der Waals surface area contributed by atoms with Gasteiger partial charge in [0, 0.05) is 11.1 Å². The molecule has 1 N–H and O–H groups in total. The maximum Gasteiger partial charge on any atom is 0.310 e. The van der Waals surface area contributed by atoms with Crippen LogP contribution >= 0.6 is 0 Å². The first-order valence-corrected chi connectivity index (χ1v) is 5.38. The highest BCUT2D eigenvalue weighted by molar-refractivity contribution is 5.78. The van der Waals surface area contributed by atoms with E-state index in [0.29, 0.717) is 17.1 Å². The van der Waals surface area contributed by atoms with Crippen LogP contribution in [0.15, 0.2) is 6.07 Å². The third kappa shape index (κ3) is 2.35. The van der Waals surface area contributed by atoms with Gasteiger partial charge in [-0.25, -0.2) is 0 Å². The Balaban J connectivity index is 3.49. The second-order valence-corrected chi connectivity index (χ2v) is 4.03. The Kier molecular flexibility index (Phi) is 3.99. The number of rotatable bonds is 4. The SMILES string of the molecule is COc1cc(C)c(C(C)C(=O)O)c(OC)c1C. The van der Waals surface area contributed by atoms with Gasteiger partial charge in [0.25, 0.3) is 0 Å². The molecule has 1 aromatic carbocycles. The smallest absolute Gasteiger partial charge is 0.310 e. The molecule has 0 aliphatic heterocycles. The molecule has 0 aliphatic carbocycles. The van der Waals surface area contributed by atoms with Gasteiger partial charge in [0.05, 0.1) is 20.1 Å². The maximum atomic E-state index is 11.1. The van der Waals surface area contributed by atoms with E-state index in [2.05, 4.69) is 0 Å².